The molecule has 2 rings (SSSR count). The van der Waals surface area contributed by atoms with Gasteiger partial charge in [-0.3, -0.25) is 9.89 Å². The van der Waals surface area contributed by atoms with Gasteiger partial charge in [0.1, 0.15) is 5.82 Å². The van der Waals surface area contributed by atoms with Crippen molar-refractivity contribution in [2.75, 3.05) is 5.73 Å². The van der Waals surface area contributed by atoms with Crippen molar-refractivity contribution in [1.29, 1.82) is 0 Å². The number of nitrogen functional groups attached to an aromatic ring is 1. The Morgan fingerprint density at radius 3 is 2.75 bits per heavy atom. The molecule has 88 valence electrons. The topological polar surface area (TPSA) is 71.8 Å². The second-order valence-corrected chi connectivity index (χ2v) is 5.03. The molecule has 3 N–H and O–H groups in total. The van der Waals surface area contributed by atoms with Crippen LogP contribution in [-0.2, 0) is 0 Å². The van der Waals surface area contributed by atoms with Gasteiger partial charge in [0.2, 0.25) is 0 Å². The van der Waals surface area contributed by atoms with E-state index in [4.69, 9.17) is 5.73 Å². The van der Waals surface area contributed by atoms with Crippen molar-refractivity contribution in [3.8, 4) is 0 Å². The van der Waals surface area contributed by atoms with E-state index in [-0.39, 0.29) is 11.7 Å². The lowest BCUT2D eigenvalue weighted by molar-refractivity contribution is 0.0838. The van der Waals surface area contributed by atoms with Crippen molar-refractivity contribution in [2.45, 2.75) is 33.1 Å². The molecule has 0 spiro atoms. The zero-order valence-electron chi connectivity index (χ0n) is 9.86. The van der Waals surface area contributed by atoms with Gasteiger partial charge in [-0.25, -0.2) is 0 Å². The highest BCUT2D eigenvalue weighted by Gasteiger charge is 2.30. The number of hydrogen-bond donors (Lipinski definition) is 2. The van der Waals surface area contributed by atoms with Gasteiger partial charge < -0.3 is 5.73 Å². The normalized spacial score (nSPS) is 30.2. The van der Waals surface area contributed by atoms with E-state index >= 15 is 0 Å². The Labute approximate surface area is 95.6 Å². The molecular formula is C12H19N3O. The second kappa shape index (κ2) is 4.28. The Morgan fingerprint density at radius 2 is 2.19 bits per heavy atom. The second-order valence-electron chi connectivity index (χ2n) is 5.03. The molecule has 0 saturated heterocycles. The summed E-state index contributed by atoms with van der Waals surface area (Å²) >= 11 is 0. The highest BCUT2D eigenvalue weighted by molar-refractivity contribution is 6.01. The van der Waals surface area contributed by atoms with Gasteiger partial charge in [-0.2, -0.15) is 5.10 Å². The molecule has 1 heterocycles. The van der Waals surface area contributed by atoms with Crippen molar-refractivity contribution in [1.82, 2.24) is 10.2 Å². The van der Waals surface area contributed by atoms with Crippen LogP contribution >= 0.6 is 0 Å². The lowest BCUT2D eigenvalue weighted by Crippen LogP contribution is -2.26. The fourth-order valence-corrected chi connectivity index (χ4v) is 2.50. The number of nitrogens with one attached hydrogen (secondary N) is 1. The van der Waals surface area contributed by atoms with Gasteiger partial charge in [0.05, 0.1) is 11.8 Å². The number of rotatable bonds is 2. The Morgan fingerprint density at radius 1 is 1.44 bits per heavy atom. The molecule has 0 aliphatic heterocycles. The van der Waals surface area contributed by atoms with Gasteiger partial charge >= 0.3 is 0 Å². The predicted molar refractivity (Wildman–Crippen MR) is 63.0 cm³/mol. The average Bonchev–Trinajstić information content (AvgIpc) is 2.67. The largest absolute Gasteiger partial charge is 0.383 e. The summed E-state index contributed by atoms with van der Waals surface area (Å²) < 4.78 is 0. The van der Waals surface area contributed by atoms with Crippen molar-refractivity contribution < 1.29 is 4.79 Å². The molecule has 0 bridgehead atoms. The van der Waals surface area contributed by atoms with Crippen molar-refractivity contribution in [3.63, 3.8) is 0 Å². The van der Waals surface area contributed by atoms with Gasteiger partial charge in [0, 0.05) is 5.92 Å². The zero-order valence-corrected chi connectivity index (χ0v) is 9.86. The molecule has 3 atom stereocenters. The molecule has 4 heteroatoms. The first-order valence-corrected chi connectivity index (χ1v) is 5.92. The maximum absolute atomic E-state index is 12.2. The Kier molecular flexibility index (Phi) is 2.99. The van der Waals surface area contributed by atoms with E-state index < -0.39 is 0 Å². The highest BCUT2D eigenvalue weighted by Crippen LogP contribution is 2.35. The quantitative estimate of drug-likeness (QED) is 0.752. The van der Waals surface area contributed by atoms with Crippen LogP contribution < -0.4 is 5.73 Å². The minimum absolute atomic E-state index is 0.131. The van der Waals surface area contributed by atoms with Crippen LogP contribution in [0.15, 0.2) is 6.20 Å². The Hall–Kier alpha value is -1.32. The number of Topliss-reactive ketones (excluding diaryl/α,β-unsaturated/α-hetero) is 1. The smallest absolute Gasteiger partial charge is 0.171 e. The first kappa shape index (κ1) is 11.2. The summed E-state index contributed by atoms with van der Waals surface area (Å²) in [6, 6.07) is 0. The molecule has 1 aromatic rings. The monoisotopic (exact) mass is 221 g/mol. The van der Waals surface area contributed by atoms with Gasteiger partial charge in [0.25, 0.3) is 0 Å². The molecule has 1 aliphatic carbocycles. The molecule has 0 aromatic carbocycles. The summed E-state index contributed by atoms with van der Waals surface area (Å²) in [5, 5.41) is 6.42. The minimum atomic E-state index is 0.131. The van der Waals surface area contributed by atoms with E-state index in [1.54, 1.807) is 6.20 Å². The molecule has 0 amide bonds. The number of ketones is 1. The van der Waals surface area contributed by atoms with E-state index in [2.05, 4.69) is 24.0 Å². The summed E-state index contributed by atoms with van der Waals surface area (Å²) in [6.45, 7) is 4.49. The number of nitrogens with two attached hydrogens (primary N) is 1. The van der Waals surface area contributed by atoms with Crippen LogP contribution in [0.4, 0.5) is 5.82 Å². The van der Waals surface area contributed by atoms with Gasteiger partial charge in [0.15, 0.2) is 5.78 Å². The van der Waals surface area contributed by atoms with Crippen LogP contribution in [0.2, 0.25) is 0 Å². The lowest BCUT2D eigenvalue weighted by atomic mass is 9.73. The average molecular weight is 221 g/mol. The first-order chi connectivity index (χ1) is 7.59. The third kappa shape index (κ3) is 1.96. The molecule has 3 unspecified atom stereocenters. The number of hydrogen-bond acceptors (Lipinski definition) is 3. The fourth-order valence-electron chi connectivity index (χ4n) is 2.50. The molecule has 1 aromatic heterocycles. The van der Waals surface area contributed by atoms with Crippen LogP contribution in [0.5, 0.6) is 0 Å². The van der Waals surface area contributed by atoms with Crippen molar-refractivity contribution >= 4 is 11.6 Å². The number of aromatic nitrogens is 2. The van der Waals surface area contributed by atoms with E-state index in [1.807, 2.05) is 0 Å². The number of carbonyl (C=O) groups excluding carboxylic acids is 1. The number of aromatic amines is 1. The third-order valence-electron chi connectivity index (χ3n) is 3.90. The summed E-state index contributed by atoms with van der Waals surface area (Å²) in [7, 11) is 0. The van der Waals surface area contributed by atoms with Gasteiger partial charge in [-0.05, 0) is 31.1 Å². The molecular weight excluding hydrogens is 202 g/mol. The SMILES string of the molecule is CC1CCC(C(=O)c2cn[nH]c2N)CC1C. The first-order valence-electron chi connectivity index (χ1n) is 5.92. The minimum Gasteiger partial charge on any atom is -0.383 e. The fraction of sp³-hybridized carbons (Fsp3) is 0.667. The standard InChI is InChI=1S/C12H19N3O/c1-7-3-4-9(5-8(7)2)11(16)10-6-14-15-12(10)13/h6-9H,3-5H2,1-2H3,(H3,13,14,15). The van der Waals surface area contributed by atoms with E-state index in [0.29, 0.717) is 17.3 Å². The molecule has 4 nitrogen and oxygen atoms in total. The predicted octanol–water partition coefficient (Wildman–Crippen LogP) is 2.25. The molecule has 16 heavy (non-hydrogen) atoms. The van der Waals surface area contributed by atoms with Crippen LogP contribution in [-0.4, -0.2) is 16.0 Å². The number of nitrogens with zero attached hydrogens (tertiary/aromatic N) is 1. The van der Waals surface area contributed by atoms with Crippen LogP contribution in [0.25, 0.3) is 0 Å². The van der Waals surface area contributed by atoms with Crippen molar-refractivity contribution in [3.05, 3.63) is 11.8 Å². The van der Waals surface area contributed by atoms with E-state index in [9.17, 15) is 4.79 Å². The van der Waals surface area contributed by atoms with Crippen LogP contribution in [0.3, 0.4) is 0 Å². The van der Waals surface area contributed by atoms with Crippen LogP contribution in [0, 0.1) is 17.8 Å². The number of carbonyl (C=O) groups is 1. The Bertz CT molecular complexity index is 385. The van der Waals surface area contributed by atoms with Crippen LogP contribution in [0.1, 0.15) is 43.5 Å². The zero-order chi connectivity index (χ0) is 11.7. The third-order valence-corrected chi connectivity index (χ3v) is 3.90. The summed E-state index contributed by atoms with van der Waals surface area (Å²) in [4.78, 5) is 12.2. The summed E-state index contributed by atoms with van der Waals surface area (Å²) in [5.41, 5.74) is 6.23. The number of anilines is 1. The summed E-state index contributed by atoms with van der Waals surface area (Å²) in [5.74, 6) is 2.04. The number of H-pyrrole nitrogens is 1. The molecule has 0 radical (unpaired) electrons. The Balaban J connectivity index is 2.09. The van der Waals surface area contributed by atoms with Gasteiger partial charge in [-0.15, -0.1) is 0 Å². The molecule has 1 saturated carbocycles. The molecule has 1 fully saturated rings. The summed E-state index contributed by atoms with van der Waals surface area (Å²) in [6.07, 6.45) is 4.63. The molecule has 1 aliphatic rings. The maximum Gasteiger partial charge on any atom is 0.171 e. The maximum atomic E-state index is 12.2. The van der Waals surface area contributed by atoms with Gasteiger partial charge in [-0.1, -0.05) is 13.8 Å². The lowest BCUT2D eigenvalue weighted by Gasteiger charge is -2.31. The van der Waals surface area contributed by atoms with E-state index in [0.717, 1.165) is 25.2 Å². The van der Waals surface area contributed by atoms with E-state index in [1.165, 1.54) is 0 Å². The highest BCUT2D eigenvalue weighted by atomic mass is 16.1. The van der Waals surface area contributed by atoms with Crippen molar-refractivity contribution in [2.24, 2.45) is 17.8 Å².